The summed E-state index contributed by atoms with van der Waals surface area (Å²) in [4.78, 5) is 49.1. The number of rotatable bonds is 11. The predicted octanol–water partition coefficient (Wildman–Crippen LogP) is 3.33. The van der Waals surface area contributed by atoms with Crippen LogP contribution in [0.15, 0.2) is 84.9 Å². The number of esters is 1. The second-order valence-electron chi connectivity index (χ2n) is 8.12. The summed E-state index contributed by atoms with van der Waals surface area (Å²) in [6.07, 6.45) is -0.869. The Morgan fingerprint density at radius 1 is 0.811 bits per heavy atom. The number of hydrogen-bond acceptors (Lipinski definition) is 7. The zero-order valence-electron chi connectivity index (χ0n) is 20.2. The van der Waals surface area contributed by atoms with E-state index in [0.717, 1.165) is 18.2 Å². The second-order valence-corrected chi connectivity index (χ2v) is 8.12. The molecule has 0 fully saturated rings. The molecule has 0 saturated carbocycles. The number of para-hydroxylation sites is 1. The van der Waals surface area contributed by atoms with Crippen molar-refractivity contribution in [1.29, 1.82) is 0 Å². The molecule has 0 radical (unpaired) electrons. The molecular weight excluding hydrogens is 478 g/mol. The molecule has 0 saturated heterocycles. The van der Waals surface area contributed by atoms with Crippen LogP contribution < -0.4 is 10.6 Å². The number of alkyl carbamates (subject to hydrolysis) is 1. The van der Waals surface area contributed by atoms with E-state index in [1.54, 1.807) is 42.5 Å². The summed E-state index contributed by atoms with van der Waals surface area (Å²) >= 11 is 0. The number of methoxy groups -OCH3 is 1. The summed E-state index contributed by atoms with van der Waals surface area (Å²) in [7, 11) is 1.15. The molecule has 0 aromatic heterocycles. The minimum absolute atomic E-state index is 0.00874. The predicted molar refractivity (Wildman–Crippen MR) is 134 cm³/mol. The van der Waals surface area contributed by atoms with Crippen molar-refractivity contribution in [3.63, 3.8) is 0 Å². The Labute approximate surface area is 213 Å². The van der Waals surface area contributed by atoms with Crippen LogP contribution in [0.1, 0.15) is 16.7 Å². The fourth-order valence-corrected chi connectivity index (χ4v) is 3.66. The van der Waals surface area contributed by atoms with E-state index < -0.39 is 35.0 Å². The Hall–Kier alpha value is -4.73. The van der Waals surface area contributed by atoms with Gasteiger partial charge in [0, 0.05) is 24.5 Å². The average Bonchev–Trinajstić information content (AvgIpc) is 2.92. The number of amides is 2. The largest absolute Gasteiger partial charge is 0.467 e. The van der Waals surface area contributed by atoms with Crippen LogP contribution in [0.25, 0.3) is 0 Å². The molecule has 0 bridgehead atoms. The summed E-state index contributed by atoms with van der Waals surface area (Å²) in [5, 5.41) is 16.5. The molecule has 0 aliphatic heterocycles. The molecular formula is C27H27N3O7. The zero-order chi connectivity index (χ0) is 26.6. The lowest BCUT2D eigenvalue weighted by atomic mass is 10.0. The molecule has 2 amide bonds. The maximum absolute atomic E-state index is 13.3. The van der Waals surface area contributed by atoms with E-state index in [-0.39, 0.29) is 30.7 Å². The van der Waals surface area contributed by atoms with Crippen LogP contribution >= 0.6 is 0 Å². The lowest BCUT2D eigenvalue weighted by Gasteiger charge is -2.22. The minimum Gasteiger partial charge on any atom is -0.467 e. The maximum Gasteiger partial charge on any atom is 0.408 e. The van der Waals surface area contributed by atoms with Gasteiger partial charge in [-0.05, 0) is 11.1 Å². The lowest BCUT2D eigenvalue weighted by Crippen LogP contribution is -2.53. The molecule has 0 aliphatic carbocycles. The second kappa shape index (κ2) is 13.4. The lowest BCUT2D eigenvalue weighted by molar-refractivity contribution is -0.385. The molecule has 2 N–H and O–H groups in total. The highest BCUT2D eigenvalue weighted by Gasteiger charge is 2.30. The van der Waals surface area contributed by atoms with E-state index in [1.165, 1.54) is 18.2 Å². The number of nitro groups is 1. The van der Waals surface area contributed by atoms with Gasteiger partial charge in [-0.2, -0.15) is 0 Å². The maximum atomic E-state index is 13.3. The van der Waals surface area contributed by atoms with Crippen molar-refractivity contribution in [1.82, 2.24) is 10.6 Å². The van der Waals surface area contributed by atoms with E-state index in [1.807, 2.05) is 24.3 Å². The number of carbonyl (C=O) groups excluding carboxylic acids is 3. The SMILES string of the molecule is COC(=O)[C@H](Cc1ccccc1[N+](=O)[O-])NC(=O)[C@@H](Cc1ccccc1)NC(=O)OCc1ccccc1. The van der Waals surface area contributed by atoms with Crippen molar-refractivity contribution >= 4 is 23.7 Å². The number of hydrogen-bond donors (Lipinski definition) is 2. The molecule has 0 heterocycles. The van der Waals surface area contributed by atoms with Gasteiger partial charge < -0.3 is 20.1 Å². The van der Waals surface area contributed by atoms with Gasteiger partial charge in [0.25, 0.3) is 5.69 Å². The third-order valence-electron chi connectivity index (χ3n) is 5.52. The number of nitrogens with one attached hydrogen (secondary N) is 2. The third kappa shape index (κ3) is 8.17. The summed E-state index contributed by atoms with van der Waals surface area (Å²) in [6, 6.07) is 21.7. The Balaban J connectivity index is 1.76. The van der Waals surface area contributed by atoms with Crippen LogP contribution in [-0.2, 0) is 38.5 Å². The average molecular weight is 506 g/mol. The van der Waals surface area contributed by atoms with Gasteiger partial charge in [-0.3, -0.25) is 14.9 Å². The summed E-state index contributed by atoms with van der Waals surface area (Å²) < 4.78 is 10.1. The normalized spacial score (nSPS) is 12.0. The molecule has 0 unspecified atom stereocenters. The Bertz CT molecular complexity index is 1220. The first kappa shape index (κ1) is 26.9. The number of ether oxygens (including phenoxy) is 2. The Kier molecular flexibility index (Phi) is 9.72. The van der Waals surface area contributed by atoms with Crippen LogP contribution in [0.3, 0.4) is 0 Å². The number of carbonyl (C=O) groups is 3. The van der Waals surface area contributed by atoms with Gasteiger partial charge in [0.05, 0.1) is 12.0 Å². The van der Waals surface area contributed by atoms with Crippen molar-refractivity contribution in [3.8, 4) is 0 Å². The zero-order valence-corrected chi connectivity index (χ0v) is 20.2. The van der Waals surface area contributed by atoms with E-state index >= 15 is 0 Å². The Morgan fingerprint density at radius 2 is 1.41 bits per heavy atom. The molecule has 37 heavy (non-hydrogen) atoms. The van der Waals surface area contributed by atoms with Crippen LogP contribution in [-0.4, -0.2) is 42.1 Å². The van der Waals surface area contributed by atoms with Gasteiger partial charge in [-0.25, -0.2) is 9.59 Å². The quantitative estimate of drug-likeness (QED) is 0.232. The van der Waals surface area contributed by atoms with Crippen LogP contribution in [0.4, 0.5) is 10.5 Å². The number of nitrogens with zero attached hydrogens (tertiary/aromatic N) is 1. The van der Waals surface area contributed by atoms with Crippen molar-refractivity contribution in [2.24, 2.45) is 0 Å². The van der Waals surface area contributed by atoms with Crippen molar-refractivity contribution in [2.45, 2.75) is 31.5 Å². The standard InChI is InChI=1S/C27H27N3O7/c1-36-26(32)23(17-21-14-8-9-15-24(21)30(34)35)28-25(31)22(16-19-10-4-2-5-11-19)29-27(33)37-18-20-12-6-3-7-13-20/h2-15,22-23H,16-18H2,1H3,(H,28,31)(H,29,33)/t22-,23+/m1/s1. The van der Waals surface area contributed by atoms with Gasteiger partial charge in [-0.15, -0.1) is 0 Å². The van der Waals surface area contributed by atoms with Crippen molar-refractivity contribution in [3.05, 3.63) is 112 Å². The molecule has 2 atom stereocenters. The van der Waals surface area contributed by atoms with Gasteiger partial charge >= 0.3 is 12.1 Å². The molecule has 3 aromatic carbocycles. The third-order valence-corrected chi connectivity index (χ3v) is 5.52. The molecule has 3 rings (SSSR count). The molecule has 0 spiro atoms. The highest BCUT2D eigenvalue weighted by molar-refractivity contribution is 5.90. The molecule has 10 heteroatoms. The summed E-state index contributed by atoms with van der Waals surface area (Å²) in [5.41, 5.74) is 1.60. The van der Waals surface area contributed by atoms with Gasteiger partial charge in [0.2, 0.25) is 5.91 Å². The smallest absolute Gasteiger partial charge is 0.408 e. The fourth-order valence-electron chi connectivity index (χ4n) is 3.66. The first-order valence-corrected chi connectivity index (χ1v) is 11.5. The number of nitro benzene ring substituents is 1. The van der Waals surface area contributed by atoms with E-state index in [4.69, 9.17) is 9.47 Å². The van der Waals surface area contributed by atoms with Gasteiger partial charge in [0.1, 0.15) is 18.7 Å². The monoisotopic (exact) mass is 505 g/mol. The van der Waals surface area contributed by atoms with Gasteiger partial charge in [-0.1, -0.05) is 78.9 Å². The molecule has 192 valence electrons. The first-order chi connectivity index (χ1) is 17.9. The summed E-state index contributed by atoms with van der Waals surface area (Å²) in [5.74, 6) is -1.45. The Morgan fingerprint density at radius 3 is 2.03 bits per heavy atom. The minimum atomic E-state index is -1.22. The molecule has 3 aromatic rings. The van der Waals surface area contributed by atoms with Gasteiger partial charge in [0.15, 0.2) is 0 Å². The fraction of sp³-hybridized carbons (Fsp3) is 0.222. The van der Waals surface area contributed by atoms with Crippen LogP contribution in [0.5, 0.6) is 0 Å². The van der Waals surface area contributed by atoms with E-state index in [9.17, 15) is 24.5 Å². The molecule has 10 nitrogen and oxygen atoms in total. The van der Waals surface area contributed by atoms with E-state index in [2.05, 4.69) is 10.6 Å². The van der Waals surface area contributed by atoms with Crippen LogP contribution in [0, 0.1) is 10.1 Å². The van der Waals surface area contributed by atoms with Crippen molar-refractivity contribution in [2.75, 3.05) is 7.11 Å². The van der Waals surface area contributed by atoms with Crippen LogP contribution in [0.2, 0.25) is 0 Å². The highest BCUT2D eigenvalue weighted by atomic mass is 16.6. The van der Waals surface area contributed by atoms with E-state index in [0.29, 0.717) is 0 Å². The molecule has 0 aliphatic rings. The first-order valence-electron chi connectivity index (χ1n) is 11.5. The topological polar surface area (TPSA) is 137 Å². The van der Waals surface area contributed by atoms with Crippen molar-refractivity contribution < 1.29 is 28.8 Å². The summed E-state index contributed by atoms with van der Waals surface area (Å²) in [6.45, 7) is 0.00874. The highest BCUT2D eigenvalue weighted by Crippen LogP contribution is 2.20. The number of benzene rings is 3.